The summed E-state index contributed by atoms with van der Waals surface area (Å²) in [6, 6.07) is -0.0653. The molecule has 2 N–H and O–H groups in total. The van der Waals surface area contributed by atoms with Gasteiger partial charge in [0, 0.05) is 31.5 Å². The van der Waals surface area contributed by atoms with Gasteiger partial charge in [-0.25, -0.2) is 0 Å². The van der Waals surface area contributed by atoms with Crippen molar-refractivity contribution in [2.24, 2.45) is 5.92 Å². The number of rotatable bonds is 6. The Morgan fingerprint density at radius 1 is 1.59 bits per heavy atom. The highest BCUT2D eigenvalue weighted by Crippen LogP contribution is 2.18. The van der Waals surface area contributed by atoms with Crippen molar-refractivity contribution in [3.05, 3.63) is 0 Å². The molecule has 0 radical (unpaired) electrons. The Bertz CT molecular complexity index is 322. The molecule has 0 aliphatic carbocycles. The molecule has 2 atom stereocenters. The number of aliphatic hydroxyl groups is 1. The predicted octanol–water partition coefficient (Wildman–Crippen LogP) is 0.277. The highest BCUT2D eigenvalue weighted by Gasteiger charge is 2.29. The summed E-state index contributed by atoms with van der Waals surface area (Å²) in [4.78, 5) is 0. The Morgan fingerprint density at radius 2 is 2.29 bits per heavy atom. The van der Waals surface area contributed by atoms with Crippen LogP contribution in [0.4, 0.5) is 0 Å². The Morgan fingerprint density at radius 3 is 2.88 bits per heavy atom. The second-order valence-corrected chi connectivity index (χ2v) is 7.14. The van der Waals surface area contributed by atoms with Crippen LogP contribution in [0.15, 0.2) is 0 Å². The number of aliphatic hydroxyl groups excluding tert-OH is 1. The Labute approximate surface area is 108 Å². The van der Waals surface area contributed by atoms with Crippen molar-refractivity contribution in [3.8, 4) is 0 Å². The molecule has 0 amide bonds. The monoisotopic (exact) mass is 282 g/mol. The summed E-state index contributed by atoms with van der Waals surface area (Å²) in [7, 11) is -3.39. The van der Waals surface area contributed by atoms with Crippen LogP contribution in [0, 0.1) is 5.92 Å². The van der Waals surface area contributed by atoms with Gasteiger partial charge >= 0.3 is 0 Å². The molecule has 0 aromatic rings. The third kappa shape index (κ3) is 4.75. The second kappa shape index (κ2) is 6.94. The van der Waals surface area contributed by atoms with Gasteiger partial charge in [-0.1, -0.05) is 0 Å². The molecule has 102 valence electrons. The molecule has 1 saturated heterocycles. The summed E-state index contributed by atoms with van der Waals surface area (Å²) < 4.78 is 28.2. The van der Waals surface area contributed by atoms with Gasteiger partial charge in [-0.3, -0.25) is 0 Å². The first-order valence-corrected chi connectivity index (χ1v) is 8.70. The van der Waals surface area contributed by atoms with Gasteiger partial charge in [-0.2, -0.15) is 29.2 Å². The molecule has 1 aliphatic heterocycles. The van der Waals surface area contributed by atoms with Crippen molar-refractivity contribution in [2.45, 2.75) is 25.8 Å². The average Bonchev–Trinajstić information content (AvgIpc) is 2.28. The summed E-state index contributed by atoms with van der Waals surface area (Å²) in [5.41, 5.74) is 0. The number of nitrogens with one attached hydrogen (secondary N) is 1. The fourth-order valence-electron chi connectivity index (χ4n) is 2.01. The van der Waals surface area contributed by atoms with Crippen LogP contribution in [-0.4, -0.2) is 55.6 Å². The molecule has 0 bridgehead atoms. The molecular weight excluding hydrogens is 260 g/mol. The Kier molecular flexibility index (Phi) is 6.22. The molecule has 0 aromatic heterocycles. The van der Waals surface area contributed by atoms with E-state index in [0.717, 1.165) is 18.6 Å². The Hall–Kier alpha value is 0.180. The van der Waals surface area contributed by atoms with Crippen molar-refractivity contribution in [1.82, 2.24) is 9.03 Å². The molecule has 5 nitrogen and oxygen atoms in total. The molecule has 0 saturated carbocycles. The van der Waals surface area contributed by atoms with E-state index in [4.69, 9.17) is 5.11 Å². The van der Waals surface area contributed by atoms with Gasteiger partial charge in [0.25, 0.3) is 10.2 Å². The van der Waals surface area contributed by atoms with Gasteiger partial charge in [-0.15, -0.1) is 0 Å². The van der Waals surface area contributed by atoms with Crippen LogP contribution in [0.25, 0.3) is 0 Å². The van der Waals surface area contributed by atoms with E-state index >= 15 is 0 Å². The van der Waals surface area contributed by atoms with Gasteiger partial charge in [-0.05, 0) is 31.9 Å². The minimum Gasteiger partial charge on any atom is -0.396 e. The van der Waals surface area contributed by atoms with E-state index in [-0.39, 0.29) is 18.6 Å². The first kappa shape index (κ1) is 15.2. The van der Waals surface area contributed by atoms with Gasteiger partial charge in [0.15, 0.2) is 0 Å². The fraction of sp³-hybridized carbons (Fsp3) is 1.00. The Balaban J connectivity index is 2.57. The summed E-state index contributed by atoms with van der Waals surface area (Å²) in [5, 5.41) is 9.10. The highest BCUT2D eigenvalue weighted by atomic mass is 32.2. The van der Waals surface area contributed by atoms with E-state index < -0.39 is 10.2 Å². The van der Waals surface area contributed by atoms with Gasteiger partial charge < -0.3 is 5.11 Å². The summed E-state index contributed by atoms with van der Waals surface area (Å²) in [5.74, 6) is 0.840. The quantitative estimate of drug-likeness (QED) is 0.734. The lowest BCUT2D eigenvalue weighted by atomic mass is 10.0. The lowest BCUT2D eigenvalue weighted by Gasteiger charge is -2.31. The zero-order valence-corrected chi connectivity index (χ0v) is 12.1. The highest BCUT2D eigenvalue weighted by molar-refractivity contribution is 7.98. The maximum atomic E-state index is 12.1. The molecule has 1 heterocycles. The van der Waals surface area contributed by atoms with Crippen LogP contribution in [-0.2, 0) is 10.2 Å². The van der Waals surface area contributed by atoms with Crippen molar-refractivity contribution in [3.63, 3.8) is 0 Å². The zero-order chi connectivity index (χ0) is 12.9. The van der Waals surface area contributed by atoms with E-state index in [1.807, 2.05) is 13.2 Å². The minimum absolute atomic E-state index is 0.0619. The third-order valence-electron chi connectivity index (χ3n) is 2.85. The van der Waals surface area contributed by atoms with E-state index in [0.29, 0.717) is 13.1 Å². The van der Waals surface area contributed by atoms with Gasteiger partial charge in [0.2, 0.25) is 0 Å². The summed E-state index contributed by atoms with van der Waals surface area (Å²) in [6.45, 7) is 2.91. The lowest BCUT2D eigenvalue weighted by molar-refractivity contribution is 0.164. The van der Waals surface area contributed by atoms with Crippen molar-refractivity contribution < 1.29 is 13.5 Å². The number of thioether (sulfide) groups is 1. The van der Waals surface area contributed by atoms with Crippen LogP contribution >= 0.6 is 11.8 Å². The van der Waals surface area contributed by atoms with Crippen LogP contribution in [0.3, 0.4) is 0 Å². The third-order valence-corrected chi connectivity index (χ3v) is 5.39. The first-order valence-electron chi connectivity index (χ1n) is 5.86. The van der Waals surface area contributed by atoms with E-state index in [1.165, 1.54) is 4.31 Å². The summed E-state index contributed by atoms with van der Waals surface area (Å²) >= 11 is 1.62. The maximum Gasteiger partial charge on any atom is 0.279 e. The van der Waals surface area contributed by atoms with Crippen LogP contribution < -0.4 is 4.72 Å². The largest absolute Gasteiger partial charge is 0.396 e. The first-order chi connectivity index (χ1) is 7.99. The summed E-state index contributed by atoms with van der Waals surface area (Å²) in [6.07, 6.45) is 3.68. The van der Waals surface area contributed by atoms with Gasteiger partial charge in [0.1, 0.15) is 0 Å². The molecule has 7 heteroatoms. The number of hydrogen-bond donors (Lipinski definition) is 2. The number of piperidine rings is 1. The smallest absolute Gasteiger partial charge is 0.279 e. The molecule has 0 aromatic carbocycles. The molecule has 1 rings (SSSR count). The van der Waals surface area contributed by atoms with Gasteiger partial charge in [0.05, 0.1) is 0 Å². The SMILES string of the molecule is CSCC(C)NS(=O)(=O)N1CCCC(CO)C1. The van der Waals surface area contributed by atoms with Crippen molar-refractivity contribution >= 4 is 22.0 Å². The van der Waals surface area contributed by atoms with Crippen molar-refractivity contribution in [1.29, 1.82) is 0 Å². The topological polar surface area (TPSA) is 69.6 Å². The van der Waals surface area contributed by atoms with Crippen LogP contribution in [0.5, 0.6) is 0 Å². The minimum atomic E-state index is -3.39. The van der Waals surface area contributed by atoms with E-state index in [2.05, 4.69) is 4.72 Å². The molecule has 0 spiro atoms. The number of nitrogens with zero attached hydrogens (tertiary/aromatic N) is 1. The average molecular weight is 282 g/mol. The fourth-order valence-corrected chi connectivity index (χ4v) is 4.21. The van der Waals surface area contributed by atoms with Crippen LogP contribution in [0.2, 0.25) is 0 Å². The molecule has 2 unspecified atom stereocenters. The normalized spacial score (nSPS) is 24.8. The molecule has 1 fully saturated rings. The second-order valence-electron chi connectivity index (χ2n) is 4.53. The predicted molar refractivity (Wildman–Crippen MR) is 71.3 cm³/mol. The number of hydrogen-bond acceptors (Lipinski definition) is 4. The van der Waals surface area contributed by atoms with Crippen LogP contribution in [0.1, 0.15) is 19.8 Å². The van der Waals surface area contributed by atoms with Crippen molar-refractivity contribution in [2.75, 3.05) is 31.7 Å². The molecule has 17 heavy (non-hydrogen) atoms. The molecule has 1 aliphatic rings. The standard InChI is InChI=1S/C10H22N2O3S2/c1-9(8-16-2)11-17(14,15)12-5-3-4-10(6-12)7-13/h9-11,13H,3-8H2,1-2H3. The zero-order valence-electron chi connectivity index (χ0n) is 10.4. The lowest BCUT2D eigenvalue weighted by Crippen LogP contribution is -2.49. The maximum absolute atomic E-state index is 12.1. The van der Waals surface area contributed by atoms with E-state index in [1.54, 1.807) is 11.8 Å². The van der Waals surface area contributed by atoms with E-state index in [9.17, 15) is 8.42 Å². The molecular formula is C10H22N2O3S2.